The molecule has 0 amide bonds. The number of rotatable bonds is 5. The maximum absolute atomic E-state index is 9.78. The van der Waals surface area contributed by atoms with E-state index in [2.05, 4.69) is 22.8 Å². The number of aromatic nitrogens is 3. The van der Waals surface area contributed by atoms with Gasteiger partial charge in [-0.25, -0.2) is 4.98 Å². The zero-order chi connectivity index (χ0) is 23.9. The monoisotopic (exact) mass is 477 g/mol. The molecule has 0 saturated carbocycles. The summed E-state index contributed by atoms with van der Waals surface area (Å²) in [5.41, 5.74) is 3.10. The number of benzene rings is 1. The number of aliphatic hydroxyl groups is 1. The van der Waals surface area contributed by atoms with Gasteiger partial charge in [0.05, 0.1) is 62.8 Å². The van der Waals surface area contributed by atoms with E-state index in [4.69, 9.17) is 29.2 Å². The van der Waals surface area contributed by atoms with E-state index in [0.29, 0.717) is 36.6 Å². The Kier molecular flexibility index (Phi) is 5.91. The van der Waals surface area contributed by atoms with Gasteiger partial charge in [0.1, 0.15) is 11.6 Å². The van der Waals surface area contributed by atoms with Crippen LogP contribution in [0.2, 0.25) is 0 Å². The number of fused-ring (bicyclic) bond motifs is 4. The third-order valence-corrected chi connectivity index (χ3v) is 7.36. The van der Waals surface area contributed by atoms with Crippen LogP contribution in [-0.4, -0.2) is 78.3 Å². The Balaban J connectivity index is 1.47. The van der Waals surface area contributed by atoms with E-state index in [-0.39, 0.29) is 18.8 Å². The minimum atomic E-state index is -0.102. The van der Waals surface area contributed by atoms with Gasteiger partial charge in [0.2, 0.25) is 5.95 Å². The van der Waals surface area contributed by atoms with Crippen molar-refractivity contribution < 1.29 is 19.3 Å². The van der Waals surface area contributed by atoms with Gasteiger partial charge in [-0.15, -0.1) is 0 Å². The second-order valence-corrected chi connectivity index (χ2v) is 9.56. The fourth-order valence-corrected chi connectivity index (χ4v) is 5.39. The Hall–Kier alpha value is -3.01. The standard InChI is InChI=1S/C26H31N5O4/c1-16-14-34-10-9-30(16)26-28-24-21(25(29-26)31-12-20-5-4-19(31)15-35-20)6-7-22(27-24)17-3-8-23(33-2)18(11-17)13-32/h3,6-8,11,16,19-20,32H,4-5,9-10,12-15H2,1-2H3/t16-,19?,20?/m0/s1. The van der Waals surface area contributed by atoms with E-state index in [1.54, 1.807) is 7.11 Å². The molecule has 1 aromatic carbocycles. The Morgan fingerprint density at radius 3 is 2.71 bits per heavy atom. The van der Waals surface area contributed by atoms with Gasteiger partial charge >= 0.3 is 0 Å². The number of aliphatic hydroxyl groups excluding tert-OH is 1. The van der Waals surface area contributed by atoms with Crippen molar-refractivity contribution in [2.24, 2.45) is 0 Å². The van der Waals surface area contributed by atoms with Crippen molar-refractivity contribution in [2.45, 2.75) is 44.6 Å². The van der Waals surface area contributed by atoms with Crippen LogP contribution in [0.25, 0.3) is 22.3 Å². The van der Waals surface area contributed by atoms with E-state index in [9.17, 15) is 5.11 Å². The number of morpholine rings is 2. The Bertz CT molecular complexity index is 1230. The van der Waals surface area contributed by atoms with Crippen LogP contribution in [0, 0.1) is 0 Å². The van der Waals surface area contributed by atoms with E-state index < -0.39 is 0 Å². The molecule has 3 atom stereocenters. The lowest BCUT2D eigenvalue weighted by atomic mass is 9.97. The predicted molar refractivity (Wildman–Crippen MR) is 133 cm³/mol. The Morgan fingerprint density at radius 1 is 1.09 bits per heavy atom. The largest absolute Gasteiger partial charge is 0.496 e. The summed E-state index contributed by atoms with van der Waals surface area (Å²) < 4.78 is 17.0. The topological polar surface area (TPSA) is 93.1 Å². The highest BCUT2D eigenvalue weighted by Crippen LogP contribution is 2.36. The molecule has 1 N–H and O–H groups in total. The molecule has 2 unspecified atom stereocenters. The zero-order valence-corrected chi connectivity index (χ0v) is 20.2. The highest BCUT2D eigenvalue weighted by Gasteiger charge is 2.37. The summed E-state index contributed by atoms with van der Waals surface area (Å²) in [6.45, 7) is 5.68. The molecule has 6 heterocycles. The molecule has 0 spiro atoms. The highest BCUT2D eigenvalue weighted by molar-refractivity contribution is 5.90. The molecule has 9 heteroatoms. The van der Waals surface area contributed by atoms with Crippen LogP contribution < -0.4 is 14.5 Å². The second-order valence-electron chi connectivity index (χ2n) is 9.56. The number of hydrogen-bond donors (Lipinski definition) is 1. The van der Waals surface area contributed by atoms with Crippen molar-refractivity contribution in [1.82, 2.24) is 15.0 Å². The van der Waals surface area contributed by atoms with Gasteiger partial charge in [0.15, 0.2) is 5.65 Å². The average Bonchev–Trinajstić information content (AvgIpc) is 2.92. The molecular formula is C26H31N5O4. The fraction of sp³-hybridized carbons (Fsp3) is 0.500. The van der Waals surface area contributed by atoms with Crippen molar-refractivity contribution in [2.75, 3.05) is 49.8 Å². The molecule has 4 fully saturated rings. The van der Waals surface area contributed by atoms with E-state index in [1.165, 1.54) is 0 Å². The van der Waals surface area contributed by atoms with E-state index in [0.717, 1.165) is 60.6 Å². The molecule has 4 aliphatic heterocycles. The van der Waals surface area contributed by atoms with Crippen molar-refractivity contribution >= 4 is 22.8 Å². The van der Waals surface area contributed by atoms with Crippen LogP contribution in [0.1, 0.15) is 25.3 Å². The number of methoxy groups -OCH3 is 1. The molecule has 4 aliphatic rings. The molecule has 7 rings (SSSR count). The first kappa shape index (κ1) is 22.5. The van der Waals surface area contributed by atoms with Crippen LogP contribution in [0.3, 0.4) is 0 Å². The first-order valence-corrected chi connectivity index (χ1v) is 12.3. The normalized spacial score (nSPS) is 24.3. The third kappa shape index (κ3) is 4.07. The molecule has 0 aliphatic carbocycles. The van der Waals surface area contributed by atoms with Crippen molar-refractivity contribution in [3.8, 4) is 17.0 Å². The van der Waals surface area contributed by atoms with Gasteiger partial charge < -0.3 is 29.1 Å². The van der Waals surface area contributed by atoms with Crippen LogP contribution in [0.15, 0.2) is 30.3 Å². The summed E-state index contributed by atoms with van der Waals surface area (Å²) in [5.74, 6) is 2.29. The van der Waals surface area contributed by atoms with Gasteiger partial charge in [0.25, 0.3) is 0 Å². The zero-order valence-electron chi connectivity index (χ0n) is 20.2. The van der Waals surface area contributed by atoms with Crippen molar-refractivity contribution in [3.63, 3.8) is 0 Å². The summed E-state index contributed by atoms with van der Waals surface area (Å²) >= 11 is 0. The molecular weight excluding hydrogens is 446 g/mol. The fourth-order valence-electron chi connectivity index (χ4n) is 5.39. The maximum atomic E-state index is 9.78. The molecule has 9 nitrogen and oxygen atoms in total. The number of pyridine rings is 1. The Labute approximate surface area is 204 Å². The lowest BCUT2D eigenvalue weighted by Gasteiger charge is -2.46. The molecule has 2 aromatic heterocycles. The Morgan fingerprint density at radius 2 is 2.00 bits per heavy atom. The molecule has 2 bridgehead atoms. The number of nitrogens with zero attached hydrogens (tertiary/aromatic N) is 5. The van der Waals surface area contributed by atoms with Gasteiger partial charge in [0, 0.05) is 24.2 Å². The quantitative estimate of drug-likeness (QED) is 0.595. The van der Waals surface area contributed by atoms with Crippen LogP contribution in [-0.2, 0) is 16.1 Å². The van der Waals surface area contributed by atoms with Crippen molar-refractivity contribution in [3.05, 3.63) is 35.9 Å². The SMILES string of the molecule is COc1ccc(-c2ccc3c(N4CC5CCC4CO5)nc(N4CCOC[C@@H]4C)nc3n2)cc1CO. The lowest BCUT2D eigenvalue weighted by molar-refractivity contribution is -0.0227. The van der Waals surface area contributed by atoms with E-state index in [1.807, 2.05) is 24.3 Å². The van der Waals surface area contributed by atoms with Crippen LogP contribution >= 0.6 is 0 Å². The molecule has 4 saturated heterocycles. The van der Waals surface area contributed by atoms with Crippen LogP contribution in [0.5, 0.6) is 5.75 Å². The minimum Gasteiger partial charge on any atom is -0.496 e. The minimum absolute atomic E-state index is 0.102. The summed E-state index contributed by atoms with van der Waals surface area (Å²) in [4.78, 5) is 19.7. The first-order chi connectivity index (χ1) is 17.1. The molecule has 184 valence electrons. The summed E-state index contributed by atoms with van der Waals surface area (Å²) in [5, 5.41) is 10.7. The molecule has 3 aromatic rings. The van der Waals surface area contributed by atoms with Gasteiger partial charge in [-0.3, -0.25) is 0 Å². The highest BCUT2D eigenvalue weighted by atomic mass is 16.5. The number of piperidine rings is 1. The van der Waals surface area contributed by atoms with Crippen molar-refractivity contribution in [1.29, 1.82) is 0 Å². The summed E-state index contributed by atoms with van der Waals surface area (Å²) in [6, 6.07) is 10.3. The summed E-state index contributed by atoms with van der Waals surface area (Å²) in [6.07, 6.45) is 2.46. The van der Waals surface area contributed by atoms with E-state index >= 15 is 0 Å². The molecule has 0 radical (unpaired) electrons. The number of hydrogen-bond acceptors (Lipinski definition) is 9. The summed E-state index contributed by atoms with van der Waals surface area (Å²) in [7, 11) is 1.60. The first-order valence-electron chi connectivity index (χ1n) is 12.3. The predicted octanol–water partition coefficient (Wildman–Crippen LogP) is 2.79. The second kappa shape index (κ2) is 9.22. The van der Waals surface area contributed by atoms with Gasteiger partial charge in [-0.05, 0) is 50.1 Å². The lowest BCUT2D eigenvalue weighted by Crippen LogP contribution is -2.55. The third-order valence-electron chi connectivity index (χ3n) is 7.36. The molecule has 35 heavy (non-hydrogen) atoms. The number of anilines is 2. The average molecular weight is 478 g/mol. The van der Waals surface area contributed by atoms with Gasteiger partial charge in [-0.2, -0.15) is 9.97 Å². The number of ether oxygens (including phenoxy) is 3. The maximum Gasteiger partial charge on any atom is 0.229 e. The van der Waals surface area contributed by atoms with Crippen LogP contribution in [0.4, 0.5) is 11.8 Å². The van der Waals surface area contributed by atoms with Gasteiger partial charge in [-0.1, -0.05) is 0 Å². The smallest absolute Gasteiger partial charge is 0.229 e.